The molecule has 128 valence electrons. The Kier molecular flexibility index (Phi) is 4.23. The van der Waals surface area contributed by atoms with E-state index in [0.29, 0.717) is 26.7 Å². The summed E-state index contributed by atoms with van der Waals surface area (Å²) in [5, 5.41) is 0. The van der Waals surface area contributed by atoms with Crippen molar-refractivity contribution >= 4 is 52.1 Å². The molecule has 2 heterocycles. The van der Waals surface area contributed by atoms with E-state index < -0.39 is 0 Å². The maximum Gasteiger partial charge on any atom is 0.266 e. The average molecular weight is 380 g/mol. The highest BCUT2D eigenvalue weighted by atomic mass is 35.5. The molecule has 3 aromatic rings. The fourth-order valence-electron chi connectivity index (χ4n) is 3.07. The average Bonchev–Trinajstić information content (AvgIpc) is 3.05. The first-order chi connectivity index (χ1) is 12.6. The summed E-state index contributed by atoms with van der Waals surface area (Å²) < 4.78 is 0.653. The van der Waals surface area contributed by atoms with Gasteiger partial charge < -0.3 is 0 Å². The number of carbonyl (C=O) groups is 2. The molecule has 3 nitrogen and oxygen atoms in total. The van der Waals surface area contributed by atoms with Crippen LogP contribution in [0, 0.1) is 6.92 Å². The smallest absolute Gasteiger partial charge is 0.266 e. The minimum absolute atomic E-state index is 0.304. The number of aryl methyl sites for hydroxylation is 1. The molecule has 0 spiro atoms. The maximum absolute atomic E-state index is 13.3. The Bertz CT molecular complexity index is 1070. The van der Waals surface area contributed by atoms with Crippen molar-refractivity contribution in [3.8, 4) is 0 Å². The first kappa shape index (κ1) is 16.8. The van der Waals surface area contributed by atoms with Gasteiger partial charge in [-0.1, -0.05) is 48.0 Å². The fourth-order valence-corrected chi connectivity index (χ4v) is 4.08. The molecule has 0 atom stereocenters. The topological polar surface area (TPSA) is 37.4 Å². The zero-order chi connectivity index (χ0) is 18.3. The van der Waals surface area contributed by atoms with Gasteiger partial charge in [-0.25, -0.2) is 4.90 Å². The van der Waals surface area contributed by atoms with Gasteiger partial charge >= 0.3 is 0 Å². The molecule has 4 rings (SSSR count). The van der Waals surface area contributed by atoms with Gasteiger partial charge in [-0.05, 0) is 42.8 Å². The van der Waals surface area contributed by atoms with Crippen molar-refractivity contribution in [3.63, 3.8) is 0 Å². The number of imide groups is 1. The number of amides is 2. The van der Waals surface area contributed by atoms with E-state index in [1.807, 2.05) is 43.3 Å². The predicted molar refractivity (Wildman–Crippen MR) is 107 cm³/mol. The largest absolute Gasteiger partial charge is 0.268 e. The van der Waals surface area contributed by atoms with Crippen LogP contribution in [0.15, 0.2) is 60.7 Å². The van der Waals surface area contributed by atoms with E-state index in [2.05, 4.69) is 0 Å². The van der Waals surface area contributed by atoms with Crippen LogP contribution in [-0.4, -0.2) is 11.8 Å². The van der Waals surface area contributed by atoms with Crippen LogP contribution in [0.25, 0.3) is 11.6 Å². The van der Waals surface area contributed by atoms with Crippen LogP contribution < -0.4 is 4.90 Å². The lowest BCUT2D eigenvalue weighted by Crippen LogP contribution is -2.42. The molecule has 0 aliphatic carbocycles. The van der Waals surface area contributed by atoms with Gasteiger partial charge in [0.25, 0.3) is 11.8 Å². The SMILES string of the molecule is Cc1ccccc1N1C(=O)/C(=C\c2ccc(Cl)s2)c2ccccc2C1=O. The number of hydrogen-bond acceptors (Lipinski definition) is 3. The molecule has 0 saturated heterocycles. The standard InChI is InChI=1S/C21H14ClNO2S/c1-13-6-2-5-9-18(13)23-20(24)16-8-4-3-7-15(16)17(21(23)25)12-14-10-11-19(22)26-14/h2-12H,1H3/b17-12-. The molecule has 5 heteroatoms. The Morgan fingerprint density at radius 2 is 1.58 bits per heavy atom. The highest BCUT2D eigenvalue weighted by molar-refractivity contribution is 7.17. The van der Waals surface area contributed by atoms with Crippen molar-refractivity contribution in [2.45, 2.75) is 6.92 Å². The molecule has 1 aliphatic rings. The van der Waals surface area contributed by atoms with Gasteiger partial charge in [0.2, 0.25) is 0 Å². The molecule has 2 amide bonds. The highest BCUT2D eigenvalue weighted by Crippen LogP contribution is 2.35. The van der Waals surface area contributed by atoms with Crippen molar-refractivity contribution in [2.75, 3.05) is 4.90 Å². The number of halogens is 1. The summed E-state index contributed by atoms with van der Waals surface area (Å²) in [5.41, 5.74) is 3.13. The zero-order valence-electron chi connectivity index (χ0n) is 13.9. The van der Waals surface area contributed by atoms with Crippen LogP contribution in [0.2, 0.25) is 4.34 Å². The lowest BCUT2D eigenvalue weighted by Gasteiger charge is -2.29. The number of benzene rings is 2. The third-order valence-corrected chi connectivity index (χ3v) is 5.50. The van der Waals surface area contributed by atoms with E-state index in [4.69, 9.17) is 11.6 Å². The number of nitrogens with zero attached hydrogens (tertiary/aromatic N) is 1. The third-order valence-electron chi connectivity index (χ3n) is 4.32. The molecule has 0 unspecified atom stereocenters. The normalized spacial score (nSPS) is 15.5. The summed E-state index contributed by atoms with van der Waals surface area (Å²) in [6, 6.07) is 18.2. The van der Waals surface area contributed by atoms with Gasteiger partial charge in [-0.2, -0.15) is 0 Å². The maximum atomic E-state index is 13.3. The van der Waals surface area contributed by atoms with E-state index in [-0.39, 0.29) is 11.8 Å². The summed E-state index contributed by atoms with van der Waals surface area (Å²) in [7, 11) is 0. The Labute approximate surface area is 160 Å². The molecule has 0 bridgehead atoms. The second-order valence-electron chi connectivity index (χ2n) is 5.98. The van der Waals surface area contributed by atoms with Crippen LogP contribution >= 0.6 is 22.9 Å². The van der Waals surface area contributed by atoms with Crippen molar-refractivity contribution < 1.29 is 9.59 Å². The Balaban J connectivity index is 1.93. The number of para-hydroxylation sites is 1. The monoisotopic (exact) mass is 379 g/mol. The van der Waals surface area contributed by atoms with E-state index in [1.165, 1.54) is 16.2 Å². The lowest BCUT2D eigenvalue weighted by atomic mass is 9.92. The third kappa shape index (κ3) is 2.77. The summed E-state index contributed by atoms with van der Waals surface area (Å²) in [6.45, 7) is 1.89. The minimum atomic E-state index is -0.326. The first-order valence-corrected chi connectivity index (χ1v) is 9.26. The number of anilines is 1. The molecule has 0 fully saturated rings. The number of fused-ring (bicyclic) bond motifs is 1. The van der Waals surface area contributed by atoms with E-state index >= 15 is 0 Å². The minimum Gasteiger partial charge on any atom is -0.268 e. The van der Waals surface area contributed by atoms with Gasteiger partial charge in [0.1, 0.15) is 0 Å². The van der Waals surface area contributed by atoms with E-state index in [9.17, 15) is 9.59 Å². The number of thiophene rings is 1. The molecular formula is C21H14ClNO2S. The van der Waals surface area contributed by atoms with Crippen LogP contribution in [0.3, 0.4) is 0 Å². The van der Waals surface area contributed by atoms with Gasteiger partial charge in [0.15, 0.2) is 0 Å². The van der Waals surface area contributed by atoms with Crippen molar-refractivity contribution in [1.29, 1.82) is 0 Å². The second-order valence-corrected chi connectivity index (χ2v) is 7.72. The Hall–Kier alpha value is -2.69. The quantitative estimate of drug-likeness (QED) is 0.439. The summed E-state index contributed by atoms with van der Waals surface area (Å²) >= 11 is 7.42. The molecule has 26 heavy (non-hydrogen) atoms. The van der Waals surface area contributed by atoms with Crippen molar-refractivity contribution in [3.05, 3.63) is 86.6 Å². The molecule has 1 aromatic heterocycles. The Morgan fingerprint density at radius 1 is 0.885 bits per heavy atom. The van der Waals surface area contributed by atoms with Crippen LogP contribution in [0.5, 0.6) is 0 Å². The van der Waals surface area contributed by atoms with Crippen molar-refractivity contribution in [1.82, 2.24) is 0 Å². The number of carbonyl (C=O) groups excluding carboxylic acids is 2. The molecule has 0 radical (unpaired) electrons. The lowest BCUT2D eigenvalue weighted by molar-refractivity contribution is -0.112. The first-order valence-electron chi connectivity index (χ1n) is 8.07. The van der Waals surface area contributed by atoms with E-state index in [0.717, 1.165) is 10.4 Å². The van der Waals surface area contributed by atoms with Gasteiger partial charge in [-0.3, -0.25) is 9.59 Å². The summed E-state index contributed by atoms with van der Waals surface area (Å²) in [4.78, 5) is 28.4. The number of hydrogen-bond donors (Lipinski definition) is 0. The Morgan fingerprint density at radius 3 is 2.27 bits per heavy atom. The number of rotatable bonds is 2. The summed E-state index contributed by atoms with van der Waals surface area (Å²) in [5.74, 6) is -0.631. The molecular weight excluding hydrogens is 366 g/mol. The van der Waals surface area contributed by atoms with Crippen LogP contribution in [0.4, 0.5) is 5.69 Å². The van der Waals surface area contributed by atoms with Gasteiger partial charge in [0, 0.05) is 21.6 Å². The second kappa shape index (κ2) is 6.56. The molecule has 0 N–H and O–H groups in total. The predicted octanol–water partition coefficient (Wildman–Crippen LogP) is 5.44. The molecule has 1 aliphatic heterocycles. The highest BCUT2D eigenvalue weighted by Gasteiger charge is 2.36. The van der Waals surface area contributed by atoms with Crippen LogP contribution in [0.1, 0.15) is 26.4 Å². The van der Waals surface area contributed by atoms with Crippen molar-refractivity contribution in [2.24, 2.45) is 0 Å². The summed E-state index contributed by atoms with van der Waals surface area (Å²) in [6.07, 6.45) is 1.80. The van der Waals surface area contributed by atoms with Crippen LogP contribution in [-0.2, 0) is 4.79 Å². The van der Waals surface area contributed by atoms with E-state index in [1.54, 1.807) is 30.3 Å². The molecule has 2 aromatic carbocycles. The van der Waals surface area contributed by atoms with Gasteiger partial charge in [-0.15, -0.1) is 11.3 Å². The fraction of sp³-hybridized carbons (Fsp3) is 0.0476. The molecule has 0 saturated carbocycles. The zero-order valence-corrected chi connectivity index (χ0v) is 15.5. The van der Waals surface area contributed by atoms with Gasteiger partial charge in [0.05, 0.1) is 10.0 Å².